The zero-order valence-electron chi connectivity index (χ0n) is 25.1. The smallest absolute Gasteiger partial charge is 0.0157 e. The van der Waals surface area contributed by atoms with Gasteiger partial charge in [0.25, 0.3) is 0 Å². The molecule has 0 heterocycles. The summed E-state index contributed by atoms with van der Waals surface area (Å²) in [5, 5.41) is 0. The summed E-state index contributed by atoms with van der Waals surface area (Å²) in [6.45, 7) is 28.6. The van der Waals surface area contributed by atoms with Gasteiger partial charge >= 0.3 is 0 Å². The van der Waals surface area contributed by atoms with Gasteiger partial charge in [-0.1, -0.05) is 155 Å². The molecule has 2 aliphatic rings. The second-order valence-corrected chi connectivity index (χ2v) is 15.4. The van der Waals surface area contributed by atoms with Gasteiger partial charge in [-0.05, 0) is 59.2 Å². The monoisotopic (exact) mass is 466 g/mol. The third-order valence-electron chi connectivity index (χ3n) is 8.25. The molecule has 0 amide bonds. The van der Waals surface area contributed by atoms with Crippen molar-refractivity contribution in [2.45, 2.75) is 134 Å². The van der Waals surface area contributed by atoms with Crippen LogP contribution >= 0.6 is 0 Å². The van der Waals surface area contributed by atoms with Crippen molar-refractivity contribution >= 4 is 0 Å². The minimum atomic E-state index is 0.277. The lowest BCUT2D eigenvalue weighted by Gasteiger charge is -2.37. The van der Waals surface area contributed by atoms with E-state index in [-0.39, 0.29) is 21.7 Å². The summed E-state index contributed by atoms with van der Waals surface area (Å²) in [5.41, 5.74) is 7.74. The van der Waals surface area contributed by atoms with Crippen LogP contribution in [-0.2, 0) is 0 Å². The van der Waals surface area contributed by atoms with Crippen LogP contribution in [0.1, 0.15) is 134 Å². The molecule has 0 nitrogen and oxygen atoms in total. The first-order valence-electron chi connectivity index (χ1n) is 14.2. The molecule has 34 heavy (non-hydrogen) atoms. The average molecular weight is 467 g/mol. The molecule has 0 aromatic rings. The molecule has 0 fully saturated rings. The van der Waals surface area contributed by atoms with E-state index in [9.17, 15) is 0 Å². The Morgan fingerprint density at radius 2 is 0.794 bits per heavy atom. The van der Waals surface area contributed by atoms with E-state index in [0.717, 1.165) is 11.8 Å². The lowest BCUT2D eigenvalue weighted by Crippen LogP contribution is -2.24. The quantitative estimate of drug-likeness (QED) is 0.327. The van der Waals surface area contributed by atoms with Crippen LogP contribution in [-0.4, -0.2) is 0 Å². The second-order valence-electron chi connectivity index (χ2n) is 15.4. The van der Waals surface area contributed by atoms with Crippen LogP contribution in [0.4, 0.5) is 0 Å². The summed E-state index contributed by atoms with van der Waals surface area (Å²) in [7, 11) is 0. The third-order valence-corrected chi connectivity index (χ3v) is 8.25. The molecule has 0 N–H and O–H groups in total. The van der Waals surface area contributed by atoms with E-state index in [1.807, 2.05) is 0 Å². The fraction of sp³-hybridized carbons (Fsp3) is 0.765. The van der Waals surface area contributed by atoms with Gasteiger partial charge in [-0.15, -0.1) is 0 Å². The first-order valence-corrected chi connectivity index (χ1v) is 14.2. The fourth-order valence-electron chi connectivity index (χ4n) is 6.03. The largest absolute Gasteiger partial charge is 0.0642 e. The molecule has 0 aromatic heterocycles. The predicted molar refractivity (Wildman–Crippen MR) is 154 cm³/mol. The van der Waals surface area contributed by atoms with Gasteiger partial charge in [0.1, 0.15) is 0 Å². The molecule has 2 rings (SSSR count). The minimum Gasteiger partial charge on any atom is -0.0642 e. The third kappa shape index (κ3) is 8.27. The molecule has 0 spiro atoms. The highest BCUT2D eigenvalue weighted by Crippen LogP contribution is 2.45. The van der Waals surface area contributed by atoms with E-state index in [1.165, 1.54) is 51.4 Å². The molecule has 0 radical (unpaired) electrons. The number of hydrogen-bond donors (Lipinski definition) is 0. The van der Waals surface area contributed by atoms with Crippen molar-refractivity contribution in [1.29, 1.82) is 0 Å². The van der Waals surface area contributed by atoms with Crippen molar-refractivity contribution in [3.8, 4) is 0 Å². The second kappa shape index (κ2) is 10.9. The fourth-order valence-corrected chi connectivity index (χ4v) is 6.03. The number of unbranched alkanes of at least 4 members (excludes halogenated alkanes) is 3. The normalized spacial score (nSPS) is 22.7. The highest BCUT2D eigenvalue weighted by atomic mass is 14.4. The maximum absolute atomic E-state index is 2.47. The van der Waals surface area contributed by atoms with Crippen molar-refractivity contribution in [1.82, 2.24) is 0 Å². The van der Waals surface area contributed by atoms with Gasteiger partial charge in [0.05, 0.1) is 0 Å². The SMILES string of the molecule is CC(C)(C)C1=CC=C(C(C)(C)C)C(CCCCCCC2CC(C(C)(C)C)=CC=C2C(C)(C)C)C1. The Morgan fingerprint density at radius 1 is 0.471 bits per heavy atom. The molecule has 0 bridgehead atoms. The lowest BCUT2D eigenvalue weighted by molar-refractivity contribution is 0.352. The molecular formula is C34H58. The Morgan fingerprint density at radius 3 is 1.06 bits per heavy atom. The summed E-state index contributed by atoms with van der Waals surface area (Å²) >= 11 is 0. The predicted octanol–water partition coefficient (Wildman–Crippen LogP) is 11.3. The maximum atomic E-state index is 2.47. The summed E-state index contributed by atoms with van der Waals surface area (Å²) in [6.07, 6.45) is 20.5. The average Bonchev–Trinajstić information content (AvgIpc) is 2.67. The molecule has 2 aliphatic carbocycles. The zero-order chi connectivity index (χ0) is 25.9. The summed E-state index contributed by atoms with van der Waals surface area (Å²) in [5.74, 6) is 1.46. The van der Waals surface area contributed by atoms with Crippen LogP contribution in [0, 0.1) is 33.5 Å². The molecule has 2 atom stereocenters. The number of hydrogen-bond acceptors (Lipinski definition) is 0. The standard InChI is InChI=1S/C34H58/c1-31(2,3)27-19-21-29(33(7,8)9)25(23-27)17-15-13-14-16-18-26-24-28(32(4,5)6)20-22-30(26)34(10,11)12/h19-22,25-26H,13-18,23-24H2,1-12H3. The number of allylic oxidation sites excluding steroid dienone is 8. The highest BCUT2D eigenvalue weighted by molar-refractivity contribution is 5.33. The first kappa shape index (κ1) is 29.2. The molecule has 0 saturated carbocycles. The van der Waals surface area contributed by atoms with Gasteiger partial charge in [-0.3, -0.25) is 0 Å². The topological polar surface area (TPSA) is 0 Å². The Labute approximate surface area is 214 Å². The van der Waals surface area contributed by atoms with Crippen LogP contribution in [0.15, 0.2) is 46.6 Å². The van der Waals surface area contributed by atoms with Crippen LogP contribution < -0.4 is 0 Å². The highest BCUT2D eigenvalue weighted by Gasteiger charge is 2.32. The molecule has 2 unspecified atom stereocenters. The minimum absolute atomic E-state index is 0.277. The van der Waals surface area contributed by atoms with Crippen LogP contribution in [0.5, 0.6) is 0 Å². The van der Waals surface area contributed by atoms with Crippen molar-refractivity contribution < 1.29 is 0 Å². The molecular weight excluding hydrogens is 408 g/mol. The summed E-state index contributed by atoms with van der Waals surface area (Å²) in [4.78, 5) is 0. The van der Waals surface area contributed by atoms with E-state index in [4.69, 9.17) is 0 Å². The molecule has 0 heteroatoms. The summed E-state index contributed by atoms with van der Waals surface area (Å²) in [6, 6.07) is 0. The van der Waals surface area contributed by atoms with Crippen molar-refractivity contribution in [2.24, 2.45) is 33.5 Å². The molecule has 0 saturated heterocycles. The van der Waals surface area contributed by atoms with E-state index < -0.39 is 0 Å². The van der Waals surface area contributed by atoms with Gasteiger partial charge in [0.15, 0.2) is 0 Å². The zero-order valence-corrected chi connectivity index (χ0v) is 25.1. The first-order chi connectivity index (χ1) is 15.4. The van der Waals surface area contributed by atoms with E-state index >= 15 is 0 Å². The molecule has 194 valence electrons. The molecule has 0 aliphatic heterocycles. The Kier molecular flexibility index (Phi) is 9.38. The van der Waals surface area contributed by atoms with Gasteiger partial charge < -0.3 is 0 Å². The van der Waals surface area contributed by atoms with Crippen molar-refractivity contribution in [2.75, 3.05) is 0 Å². The van der Waals surface area contributed by atoms with Crippen molar-refractivity contribution in [3.63, 3.8) is 0 Å². The van der Waals surface area contributed by atoms with Crippen LogP contribution in [0.3, 0.4) is 0 Å². The Hall–Kier alpha value is -1.04. The van der Waals surface area contributed by atoms with E-state index in [1.54, 1.807) is 22.3 Å². The van der Waals surface area contributed by atoms with Gasteiger partial charge in [-0.2, -0.15) is 0 Å². The van der Waals surface area contributed by atoms with Gasteiger partial charge in [0.2, 0.25) is 0 Å². The lowest BCUT2D eigenvalue weighted by atomic mass is 9.68. The van der Waals surface area contributed by atoms with E-state index in [0.29, 0.717) is 0 Å². The van der Waals surface area contributed by atoms with Gasteiger partial charge in [0, 0.05) is 0 Å². The number of rotatable bonds is 7. The van der Waals surface area contributed by atoms with Crippen molar-refractivity contribution in [3.05, 3.63) is 46.6 Å². The van der Waals surface area contributed by atoms with Crippen LogP contribution in [0.25, 0.3) is 0 Å². The summed E-state index contributed by atoms with van der Waals surface area (Å²) < 4.78 is 0. The Bertz CT molecular complexity index is 726. The van der Waals surface area contributed by atoms with Crippen LogP contribution in [0.2, 0.25) is 0 Å². The Balaban J connectivity index is 1.89. The molecule has 0 aromatic carbocycles. The van der Waals surface area contributed by atoms with E-state index in [2.05, 4.69) is 107 Å². The van der Waals surface area contributed by atoms with Gasteiger partial charge in [-0.25, -0.2) is 0 Å². The maximum Gasteiger partial charge on any atom is -0.0157 e.